The molecule has 2 atom stereocenters. The summed E-state index contributed by atoms with van der Waals surface area (Å²) in [6, 6.07) is 0. The third-order valence-electron chi connectivity index (χ3n) is 1.68. The normalized spacial score (nSPS) is 16.5. The number of hydrogen-bond acceptors (Lipinski definition) is 3. The van der Waals surface area contributed by atoms with Crippen LogP contribution in [0.3, 0.4) is 0 Å². The summed E-state index contributed by atoms with van der Waals surface area (Å²) in [5, 5.41) is 0. The van der Waals surface area contributed by atoms with Crippen LogP contribution in [0.15, 0.2) is 0 Å². The number of rotatable bonds is 8. The van der Waals surface area contributed by atoms with Crippen LogP contribution in [0.2, 0.25) is 0 Å². The Hall–Kier alpha value is 1.76. The van der Waals surface area contributed by atoms with E-state index in [0.29, 0.717) is 6.61 Å². The molecule has 0 aromatic heterocycles. The molecule has 0 bridgehead atoms. The van der Waals surface area contributed by atoms with Crippen molar-refractivity contribution >= 4 is 37.8 Å². The van der Waals surface area contributed by atoms with Crippen LogP contribution in [-0.4, -0.2) is 17.3 Å². The summed E-state index contributed by atoms with van der Waals surface area (Å²) >= 11 is 10.2. The molecule has 88 valence electrons. The first kappa shape index (κ1) is 19.1. The maximum absolute atomic E-state index is 9.85. The van der Waals surface area contributed by atoms with Crippen LogP contribution in [0.5, 0.6) is 0 Å². The zero-order valence-corrected chi connectivity index (χ0v) is 15.8. The van der Waals surface area contributed by atoms with Gasteiger partial charge in [0.25, 0.3) is 0 Å². The third kappa shape index (κ3) is 9.46. The first-order valence-corrected chi connectivity index (χ1v) is 10.5. The Bertz CT molecular complexity index is 226. The Labute approximate surface area is 118 Å². The van der Waals surface area contributed by atoms with E-state index in [-0.39, 0.29) is 19.5 Å². The molecule has 0 rings (SSSR count). The van der Waals surface area contributed by atoms with Crippen molar-refractivity contribution in [3.8, 4) is 0 Å². The fraction of sp³-hybridized carbons (Fsp3) is 1.00. The zero-order chi connectivity index (χ0) is 11.0. The summed E-state index contributed by atoms with van der Waals surface area (Å²) in [7, 11) is -0.541. The fourth-order valence-corrected chi connectivity index (χ4v) is 5.30. The van der Waals surface area contributed by atoms with Crippen molar-refractivity contribution in [1.82, 2.24) is 0 Å². The van der Waals surface area contributed by atoms with Crippen LogP contribution in [0.1, 0.15) is 39.5 Å². The molecule has 0 aliphatic rings. The van der Waals surface area contributed by atoms with Crippen molar-refractivity contribution < 1.29 is 28.9 Å². The van der Waals surface area contributed by atoms with Crippen LogP contribution in [-0.2, 0) is 56.1 Å². The van der Waals surface area contributed by atoms with Gasteiger partial charge in [0.15, 0.2) is 0 Å². The van der Waals surface area contributed by atoms with Gasteiger partial charge in [-0.05, 0) is 44.9 Å². The van der Waals surface area contributed by atoms with Crippen LogP contribution in [0.4, 0.5) is 0 Å². The summed E-state index contributed by atoms with van der Waals surface area (Å²) in [5.41, 5.74) is -2.67. The molecule has 0 radical (unpaired) electrons. The molecule has 0 aromatic rings. The molecule has 0 aliphatic carbocycles. The SMILES string of the molecule is CCCCOP(O)(=S)S(=S)CCCC.[Zn]. The predicted octanol–water partition coefficient (Wildman–Crippen LogP) is 2.90. The molecule has 0 amide bonds. The second-order valence-corrected chi connectivity index (χ2v) is 12.2. The topological polar surface area (TPSA) is 29.5 Å². The van der Waals surface area contributed by atoms with Gasteiger partial charge in [-0.3, -0.25) is 0 Å². The van der Waals surface area contributed by atoms with Gasteiger partial charge in [-0.1, -0.05) is 26.7 Å². The van der Waals surface area contributed by atoms with Crippen molar-refractivity contribution in [3.05, 3.63) is 0 Å². The minimum absolute atomic E-state index is 0. The molecule has 0 heterocycles. The monoisotopic (exact) mass is 338 g/mol. The van der Waals surface area contributed by atoms with Crippen molar-refractivity contribution in [3.63, 3.8) is 0 Å². The van der Waals surface area contributed by atoms with Gasteiger partial charge in [0.1, 0.15) is 0 Å². The minimum atomic E-state index is -2.67. The van der Waals surface area contributed by atoms with Crippen LogP contribution >= 0.6 is 5.69 Å². The molecule has 1 N–H and O–H groups in total. The molecule has 2 unspecified atom stereocenters. The summed E-state index contributed by atoms with van der Waals surface area (Å²) in [6.45, 7) is 4.73. The van der Waals surface area contributed by atoms with Gasteiger partial charge in [-0.15, -0.1) is 0 Å². The number of hydrogen-bond donors (Lipinski definition) is 1. The van der Waals surface area contributed by atoms with Crippen molar-refractivity contribution in [2.75, 3.05) is 12.4 Å². The Kier molecular flexibility index (Phi) is 13.9. The van der Waals surface area contributed by atoms with Gasteiger partial charge in [0.05, 0.1) is 6.61 Å². The second-order valence-electron chi connectivity index (χ2n) is 3.03. The van der Waals surface area contributed by atoms with Crippen molar-refractivity contribution in [2.45, 2.75) is 39.5 Å². The fourth-order valence-electron chi connectivity index (χ4n) is 0.766. The van der Waals surface area contributed by atoms with E-state index in [1.54, 1.807) is 0 Å². The molecule has 0 spiro atoms. The molecule has 2 nitrogen and oxygen atoms in total. The Morgan fingerprint density at radius 3 is 2.27 bits per heavy atom. The van der Waals surface area contributed by atoms with E-state index in [2.05, 4.69) is 13.8 Å². The second kappa shape index (κ2) is 10.9. The predicted molar refractivity (Wildman–Crippen MR) is 71.9 cm³/mol. The van der Waals surface area contributed by atoms with Gasteiger partial charge in [0, 0.05) is 25.2 Å². The molecule has 0 aromatic carbocycles. The maximum Gasteiger partial charge on any atom is 0.248 e. The molecule has 15 heavy (non-hydrogen) atoms. The van der Waals surface area contributed by atoms with E-state index < -0.39 is 14.8 Å². The average Bonchev–Trinajstić information content (AvgIpc) is 2.14. The molecule has 7 heteroatoms. The standard InChI is InChI=1S/C8H19O2PS3.Zn/c1-3-5-7-10-11(9,12)14(13)8-6-4-2;/h3-8H2,1-2H3,(H,9,12);. The third-order valence-corrected chi connectivity index (χ3v) is 10.9. The smallest absolute Gasteiger partial charge is 0.248 e. The summed E-state index contributed by atoms with van der Waals surface area (Å²) in [5.74, 6) is 0.825. The first-order chi connectivity index (χ1) is 6.54. The van der Waals surface area contributed by atoms with E-state index in [1.807, 2.05) is 0 Å². The van der Waals surface area contributed by atoms with Gasteiger partial charge in [-0.2, -0.15) is 0 Å². The van der Waals surface area contributed by atoms with Crippen LogP contribution in [0, 0.1) is 0 Å². The molecule has 0 saturated carbocycles. The summed E-state index contributed by atoms with van der Waals surface area (Å²) in [6.07, 6.45) is 4.11. The first-order valence-electron chi connectivity index (χ1n) is 4.91. The Morgan fingerprint density at radius 2 is 1.80 bits per heavy atom. The molecule has 0 fully saturated rings. The van der Waals surface area contributed by atoms with E-state index in [1.165, 1.54) is 0 Å². The van der Waals surface area contributed by atoms with Gasteiger partial charge in [-0.25, -0.2) is 0 Å². The van der Waals surface area contributed by atoms with Gasteiger partial charge in [0.2, 0.25) is 5.69 Å². The van der Waals surface area contributed by atoms with Gasteiger partial charge < -0.3 is 9.42 Å². The van der Waals surface area contributed by atoms with E-state index in [0.717, 1.165) is 31.4 Å². The Balaban J connectivity index is 0. The maximum atomic E-state index is 9.85. The van der Waals surface area contributed by atoms with E-state index in [4.69, 9.17) is 27.5 Å². The summed E-state index contributed by atoms with van der Waals surface area (Å²) in [4.78, 5) is 9.85. The van der Waals surface area contributed by atoms with Crippen LogP contribution in [0.25, 0.3) is 0 Å². The minimum Gasteiger partial charge on any atom is -0.337 e. The van der Waals surface area contributed by atoms with E-state index >= 15 is 0 Å². The molecule has 0 saturated heterocycles. The van der Waals surface area contributed by atoms with Crippen molar-refractivity contribution in [1.29, 1.82) is 0 Å². The zero-order valence-electron chi connectivity index (χ0n) is 9.48. The van der Waals surface area contributed by atoms with Gasteiger partial charge >= 0.3 is 0 Å². The van der Waals surface area contributed by atoms with Crippen LogP contribution < -0.4 is 0 Å². The molecular weight excluding hydrogens is 321 g/mol. The number of unbranched alkanes of at least 4 members (excludes halogenated alkanes) is 2. The molecule has 0 aliphatic heterocycles. The summed E-state index contributed by atoms with van der Waals surface area (Å²) < 4.78 is 5.32. The Morgan fingerprint density at radius 1 is 1.27 bits per heavy atom. The average molecular weight is 340 g/mol. The quantitative estimate of drug-likeness (QED) is 0.418. The van der Waals surface area contributed by atoms with Crippen molar-refractivity contribution in [2.24, 2.45) is 0 Å². The largest absolute Gasteiger partial charge is 0.337 e. The van der Waals surface area contributed by atoms with E-state index in [9.17, 15) is 4.89 Å². The molecular formula is C8H19O2PS3Zn.